The van der Waals surface area contributed by atoms with Gasteiger partial charge in [0.15, 0.2) is 0 Å². The zero-order valence-electron chi connectivity index (χ0n) is 18.6. The lowest BCUT2D eigenvalue weighted by Gasteiger charge is -2.14. The van der Waals surface area contributed by atoms with Crippen molar-refractivity contribution < 1.29 is 19.1 Å². The molecule has 32 heavy (non-hydrogen) atoms. The van der Waals surface area contributed by atoms with Crippen LogP contribution in [0.5, 0.6) is 0 Å². The largest absolute Gasteiger partial charge is 0.462 e. The molecule has 3 heterocycles. The SMILES string of the molecule is CCOC(=O)c1c(C)[nH]c(/C=C2\C(=O)Nc3ccc(C=O)cc32)c1CCCN1CCCC1. The second-order valence-electron chi connectivity index (χ2n) is 8.33. The van der Waals surface area contributed by atoms with Gasteiger partial charge in [-0.15, -0.1) is 0 Å². The average Bonchev–Trinajstić information content (AvgIpc) is 3.47. The highest BCUT2D eigenvalue weighted by Gasteiger charge is 2.27. The van der Waals surface area contributed by atoms with Gasteiger partial charge in [-0.1, -0.05) is 0 Å². The van der Waals surface area contributed by atoms with Gasteiger partial charge in [0.05, 0.1) is 17.7 Å². The molecule has 1 amide bonds. The van der Waals surface area contributed by atoms with E-state index >= 15 is 0 Å². The van der Waals surface area contributed by atoms with Crippen LogP contribution in [0.2, 0.25) is 0 Å². The van der Waals surface area contributed by atoms with Crippen LogP contribution in [0.1, 0.15) is 69.4 Å². The maximum absolute atomic E-state index is 12.7. The van der Waals surface area contributed by atoms with Gasteiger partial charge in [-0.25, -0.2) is 4.79 Å². The number of amides is 1. The van der Waals surface area contributed by atoms with E-state index in [-0.39, 0.29) is 11.9 Å². The van der Waals surface area contributed by atoms with Crippen LogP contribution < -0.4 is 5.32 Å². The Kier molecular flexibility index (Phi) is 6.55. The number of carbonyl (C=O) groups excluding carboxylic acids is 3. The quantitative estimate of drug-likeness (QED) is 0.374. The second-order valence-corrected chi connectivity index (χ2v) is 8.33. The molecule has 0 unspecified atom stereocenters. The summed E-state index contributed by atoms with van der Waals surface area (Å²) < 4.78 is 5.31. The molecule has 2 aromatic rings. The molecule has 4 rings (SSSR count). The van der Waals surface area contributed by atoms with Crippen molar-refractivity contribution in [2.24, 2.45) is 0 Å². The highest BCUT2D eigenvalue weighted by atomic mass is 16.5. The number of nitrogens with one attached hydrogen (secondary N) is 2. The molecule has 2 aliphatic rings. The van der Waals surface area contributed by atoms with Crippen LogP contribution in [0.4, 0.5) is 5.69 Å². The fourth-order valence-electron chi connectivity index (χ4n) is 4.62. The minimum Gasteiger partial charge on any atom is -0.462 e. The number of carbonyl (C=O) groups is 3. The minimum absolute atomic E-state index is 0.226. The van der Waals surface area contributed by atoms with Crippen molar-refractivity contribution in [3.63, 3.8) is 0 Å². The number of nitrogens with zero attached hydrogens (tertiary/aromatic N) is 1. The van der Waals surface area contributed by atoms with Crippen molar-refractivity contribution in [1.82, 2.24) is 9.88 Å². The van der Waals surface area contributed by atoms with Crippen molar-refractivity contribution >= 4 is 35.5 Å². The summed E-state index contributed by atoms with van der Waals surface area (Å²) in [6.07, 6.45) is 6.66. The molecular formula is C25H29N3O4. The summed E-state index contributed by atoms with van der Waals surface area (Å²) >= 11 is 0. The molecule has 7 heteroatoms. The van der Waals surface area contributed by atoms with Crippen LogP contribution in [-0.4, -0.2) is 54.3 Å². The first-order valence-electron chi connectivity index (χ1n) is 11.3. The van der Waals surface area contributed by atoms with E-state index in [1.165, 1.54) is 12.8 Å². The zero-order chi connectivity index (χ0) is 22.7. The summed E-state index contributed by atoms with van der Waals surface area (Å²) in [7, 11) is 0. The predicted octanol–water partition coefficient (Wildman–Crippen LogP) is 3.83. The minimum atomic E-state index is -0.346. The Morgan fingerprint density at radius 3 is 2.75 bits per heavy atom. The van der Waals surface area contributed by atoms with E-state index in [1.807, 2.05) is 6.92 Å². The Hall–Kier alpha value is -3.19. The topological polar surface area (TPSA) is 91.5 Å². The number of likely N-dealkylation sites (tertiary alicyclic amines) is 1. The number of esters is 1. The first-order valence-corrected chi connectivity index (χ1v) is 11.3. The lowest BCUT2D eigenvalue weighted by Crippen LogP contribution is -2.21. The van der Waals surface area contributed by atoms with Gasteiger partial charge in [0.2, 0.25) is 0 Å². The molecule has 0 saturated carbocycles. The zero-order valence-corrected chi connectivity index (χ0v) is 18.6. The molecule has 1 saturated heterocycles. The number of aryl methyl sites for hydroxylation is 1. The van der Waals surface area contributed by atoms with Gasteiger partial charge < -0.3 is 19.9 Å². The summed E-state index contributed by atoms with van der Waals surface area (Å²) in [6.45, 7) is 7.19. The summed E-state index contributed by atoms with van der Waals surface area (Å²) in [5.41, 5.74) is 5.24. The van der Waals surface area contributed by atoms with E-state index in [1.54, 1.807) is 31.2 Å². The Balaban J connectivity index is 1.70. The van der Waals surface area contributed by atoms with Gasteiger partial charge >= 0.3 is 5.97 Å². The van der Waals surface area contributed by atoms with E-state index in [0.29, 0.717) is 41.0 Å². The fraction of sp³-hybridized carbons (Fsp3) is 0.400. The summed E-state index contributed by atoms with van der Waals surface area (Å²) in [6, 6.07) is 5.12. The van der Waals surface area contributed by atoms with E-state index in [0.717, 1.165) is 49.3 Å². The van der Waals surface area contributed by atoms with Crippen molar-refractivity contribution in [1.29, 1.82) is 0 Å². The van der Waals surface area contributed by atoms with E-state index in [4.69, 9.17) is 4.74 Å². The molecule has 2 N–H and O–H groups in total. The van der Waals surface area contributed by atoms with Crippen LogP contribution in [0.3, 0.4) is 0 Å². The van der Waals surface area contributed by atoms with Crippen molar-refractivity contribution in [3.8, 4) is 0 Å². The van der Waals surface area contributed by atoms with Gasteiger partial charge in [-0.2, -0.15) is 0 Å². The van der Waals surface area contributed by atoms with Crippen molar-refractivity contribution in [2.75, 3.05) is 31.6 Å². The lowest BCUT2D eigenvalue weighted by molar-refractivity contribution is -0.110. The maximum Gasteiger partial charge on any atom is 0.340 e. The molecule has 1 aromatic carbocycles. The molecule has 7 nitrogen and oxygen atoms in total. The molecule has 1 fully saturated rings. The lowest BCUT2D eigenvalue weighted by atomic mass is 9.99. The van der Waals surface area contributed by atoms with Gasteiger partial charge in [0.1, 0.15) is 6.29 Å². The molecule has 0 aliphatic carbocycles. The Morgan fingerprint density at radius 1 is 1.25 bits per heavy atom. The normalized spacial score (nSPS) is 16.9. The van der Waals surface area contributed by atoms with Gasteiger partial charge in [-0.3, -0.25) is 9.59 Å². The number of ether oxygens (including phenoxy) is 1. The predicted molar refractivity (Wildman–Crippen MR) is 124 cm³/mol. The number of aldehydes is 1. The third-order valence-corrected chi connectivity index (χ3v) is 6.15. The highest BCUT2D eigenvalue weighted by Crippen LogP contribution is 2.35. The smallest absolute Gasteiger partial charge is 0.340 e. The van der Waals surface area contributed by atoms with Crippen molar-refractivity contribution in [2.45, 2.75) is 39.5 Å². The number of hydrogen-bond acceptors (Lipinski definition) is 5. The fourth-order valence-corrected chi connectivity index (χ4v) is 4.62. The number of hydrogen-bond donors (Lipinski definition) is 2. The highest BCUT2D eigenvalue weighted by molar-refractivity contribution is 6.35. The number of aromatic amines is 1. The van der Waals surface area contributed by atoms with Crippen LogP contribution >= 0.6 is 0 Å². The van der Waals surface area contributed by atoms with E-state index < -0.39 is 0 Å². The monoisotopic (exact) mass is 435 g/mol. The third kappa shape index (κ3) is 4.39. The third-order valence-electron chi connectivity index (χ3n) is 6.15. The second kappa shape index (κ2) is 9.53. The van der Waals surface area contributed by atoms with Crippen LogP contribution in [-0.2, 0) is 16.0 Å². The molecule has 0 bridgehead atoms. The van der Waals surface area contributed by atoms with Crippen LogP contribution in [0.15, 0.2) is 18.2 Å². The average molecular weight is 436 g/mol. The van der Waals surface area contributed by atoms with E-state index in [9.17, 15) is 14.4 Å². The summed E-state index contributed by atoms with van der Waals surface area (Å²) in [4.78, 5) is 42.4. The summed E-state index contributed by atoms with van der Waals surface area (Å²) in [5.74, 6) is -0.572. The first kappa shape index (κ1) is 22.0. The Bertz CT molecular complexity index is 1080. The van der Waals surface area contributed by atoms with Gasteiger partial charge in [0, 0.05) is 28.2 Å². The standard InChI is InChI=1S/C25H29N3O4/c1-3-32-25(31)23-16(2)26-22(18(23)7-6-12-28-10-4-5-11-28)14-20-19-13-17(15-29)8-9-21(19)27-24(20)30/h8-9,13-15,26H,3-7,10-12H2,1-2H3,(H,27,30)/b20-14-. The molecule has 1 aromatic heterocycles. The number of rotatable bonds is 8. The molecule has 0 spiro atoms. The molecule has 168 valence electrons. The van der Waals surface area contributed by atoms with Crippen molar-refractivity contribution in [3.05, 3.63) is 51.8 Å². The van der Waals surface area contributed by atoms with Gasteiger partial charge in [0.25, 0.3) is 5.91 Å². The Morgan fingerprint density at radius 2 is 2.03 bits per heavy atom. The molecule has 2 aliphatic heterocycles. The van der Waals surface area contributed by atoms with E-state index in [2.05, 4.69) is 15.2 Å². The van der Waals surface area contributed by atoms with Crippen LogP contribution in [0, 0.1) is 6.92 Å². The number of anilines is 1. The van der Waals surface area contributed by atoms with Crippen LogP contribution in [0.25, 0.3) is 11.6 Å². The number of aromatic nitrogens is 1. The summed E-state index contributed by atoms with van der Waals surface area (Å²) in [5, 5.41) is 2.85. The Labute approximate surface area is 187 Å². The number of H-pyrrole nitrogens is 1. The first-order chi connectivity index (χ1) is 15.5. The number of benzene rings is 1. The molecule has 0 radical (unpaired) electrons. The number of fused-ring (bicyclic) bond motifs is 1. The molecule has 0 atom stereocenters. The van der Waals surface area contributed by atoms with Gasteiger partial charge in [-0.05, 0) is 89.0 Å². The molecular weight excluding hydrogens is 406 g/mol. The maximum atomic E-state index is 12.7.